The molecule has 1 aromatic carbocycles. The van der Waals surface area contributed by atoms with E-state index in [1.807, 2.05) is 32.3 Å². The van der Waals surface area contributed by atoms with E-state index in [1.165, 1.54) is 10.9 Å². The first-order valence-electron chi connectivity index (χ1n) is 12.3. The van der Waals surface area contributed by atoms with Crippen LogP contribution in [0.5, 0.6) is 11.5 Å². The van der Waals surface area contributed by atoms with Crippen molar-refractivity contribution in [1.82, 2.24) is 29.2 Å². The summed E-state index contributed by atoms with van der Waals surface area (Å²) in [5.41, 5.74) is 0.118. The van der Waals surface area contributed by atoms with Crippen molar-refractivity contribution in [2.45, 2.75) is 32.1 Å². The molecule has 0 saturated heterocycles. The first kappa shape index (κ1) is 25.4. The van der Waals surface area contributed by atoms with Crippen LogP contribution in [0, 0.1) is 0 Å². The summed E-state index contributed by atoms with van der Waals surface area (Å²) in [7, 11) is 3.99. The summed E-state index contributed by atoms with van der Waals surface area (Å²) in [6.07, 6.45) is 3.08. The Bertz CT molecular complexity index is 1550. The quantitative estimate of drug-likeness (QED) is 0.340. The summed E-state index contributed by atoms with van der Waals surface area (Å²) < 4.78 is 15.1. The number of aromatic nitrogens is 5. The largest absolute Gasteiger partial charge is 0.486 e. The molecule has 0 aliphatic carbocycles. The summed E-state index contributed by atoms with van der Waals surface area (Å²) in [5.74, 6) is 2.04. The molecule has 2 N–H and O–H groups in total. The molecular formula is C27H31N7O4. The summed E-state index contributed by atoms with van der Waals surface area (Å²) in [5, 5.41) is 14.0. The normalized spacial score (nSPS) is 15.2. The molecule has 11 heteroatoms. The lowest BCUT2D eigenvalue weighted by molar-refractivity contribution is 0.0711. The number of fused-ring (bicyclic) bond motifs is 2. The lowest BCUT2D eigenvalue weighted by atomic mass is 10.1. The number of nitrogens with zero attached hydrogens (tertiary/aromatic N) is 6. The second-order valence-electron chi connectivity index (χ2n) is 9.96. The fourth-order valence-electron chi connectivity index (χ4n) is 4.31. The Morgan fingerprint density at radius 3 is 2.79 bits per heavy atom. The van der Waals surface area contributed by atoms with Crippen LogP contribution < -0.4 is 20.3 Å². The zero-order valence-electron chi connectivity index (χ0n) is 21.9. The van der Waals surface area contributed by atoms with E-state index in [1.54, 1.807) is 42.8 Å². The number of allylic oxidation sites excluding steroid dienone is 1. The highest BCUT2D eigenvalue weighted by atomic mass is 16.6. The molecule has 3 aromatic heterocycles. The Kier molecular flexibility index (Phi) is 6.64. The lowest BCUT2D eigenvalue weighted by Crippen LogP contribution is -2.37. The first-order chi connectivity index (χ1) is 18.1. The van der Waals surface area contributed by atoms with Crippen LogP contribution in [-0.4, -0.2) is 67.7 Å². The summed E-state index contributed by atoms with van der Waals surface area (Å²) >= 11 is 0. The van der Waals surface area contributed by atoms with Gasteiger partial charge in [0.15, 0.2) is 23.0 Å². The van der Waals surface area contributed by atoms with Crippen LogP contribution in [0.2, 0.25) is 0 Å². The highest BCUT2D eigenvalue weighted by Gasteiger charge is 2.23. The van der Waals surface area contributed by atoms with E-state index >= 15 is 0 Å². The summed E-state index contributed by atoms with van der Waals surface area (Å²) in [6.45, 7) is 8.55. The molecule has 0 fully saturated rings. The number of hydrogen-bond donors (Lipinski definition) is 2. The molecule has 1 aliphatic rings. The molecule has 4 heterocycles. The third-order valence-corrected chi connectivity index (χ3v) is 6.04. The van der Waals surface area contributed by atoms with Gasteiger partial charge in [-0.25, -0.2) is 19.3 Å². The van der Waals surface area contributed by atoms with E-state index in [9.17, 15) is 9.90 Å². The number of ether oxygens (including phenoxy) is 2. The number of hydrogen-bond acceptors (Lipinski definition) is 9. The predicted octanol–water partition coefficient (Wildman–Crippen LogP) is 2.84. The lowest BCUT2D eigenvalue weighted by Gasteiger charge is -2.28. The van der Waals surface area contributed by atoms with Crippen LogP contribution in [0.1, 0.15) is 19.5 Å². The van der Waals surface area contributed by atoms with Crippen molar-refractivity contribution in [1.29, 1.82) is 0 Å². The fraction of sp³-hybridized carbons (Fsp3) is 0.333. The van der Waals surface area contributed by atoms with Gasteiger partial charge in [-0.15, -0.1) is 6.58 Å². The average Bonchev–Trinajstić information content (AvgIpc) is 3.14. The number of nitrogens with one attached hydrogen (secondary N) is 1. The van der Waals surface area contributed by atoms with Gasteiger partial charge in [-0.1, -0.05) is 12.1 Å². The smallest absolute Gasteiger partial charge is 0.278 e. The monoisotopic (exact) mass is 517 g/mol. The second-order valence-corrected chi connectivity index (χ2v) is 9.96. The van der Waals surface area contributed by atoms with Crippen LogP contribution in [0.15, 0.2) is 60.0 Å². The molecule has 38 heavy (non-hydrogen) atoms. The van der Waals surface area contributed by atoms with Gasteiger partial charge >= 0.3 is 0 Å². The van der Waals surface area contributed by atoms with E-state index in [0.29, 0.717) is 52.3 Å². The van der Waals surface area contributed by atoms with Crippen molar-refractivity contribution < 1.29 is 14.6 Å². The Labute approximate surface area is 220 Å². The van der Waals surface area contributed by atoms with Crippen LogP contribution in [-0.2, 0) is 12.1 Å². The number of anilines is 2. The standard InChI is InChI=1S/C27H31N7O4/c1-6-12-33-25(35)19-14-28-26(31-24(19)34(33)23-9-7-8-22(30-23)27(2,3)36)29-17-10-11-20-21(13-17)37-16-18(38-20)15-32(4)5/h6-11,13-14,18,36H,1,12,15-16H2,2-5H3,(H,28,29,31). The number of pyridine rings is 1. The zero-order valence-corrected chi connectivity index (χ0v) is 21.9. The van der Waals surface area contributed by atoms with Crippen molar-refractivity contribution >= 4 is 22.7 Å². The molecule has 198 valence electrons. The number of benzene rings is 1. The molecule has 1 atom stereocenters. The average molecular weight is 518 g/mol. The maximum absolute atomic E-state index is 13.2. The van der Waals surface area contributed by atoms with Crippen molar-refractivity contribution in [2.75, 3.05) is 32.6 Å². The SMILES string of the molecule is C=CCn1c(=O)c2cnc(Nc3ccc4c(c3)OCC(CN(C)C)O4)nc2n1-c1cccc(C(C)(C)O)n1. The minimum absolute atomic E-state index is 0.0399. The summed E-state index contributed by atoms with van der Waals surface area (Å²) in [4.78, 5) is 28.9. The topological polar surface area (TPSA) is 120 Å². The van der Waals surface area contributed by atoms with Gasteiger partial charge in [0.25, 0.3) is 5.56 Å². The first-order valence-corrected chi connectivity index (χ1v) is 12.3. The minimum Gasteiger partial charge on any atom is -0.486 e. The maximum Gasteiger partial charge on any atom is 0.278 e. The van der Waals surface area contributed by atoms with Gasteiger partial charge in [-0.2, -0.15) is 4.98 Å². The van der Waals surface area contributed by atoms with Crippen molar-refractivity contribution in [2.24, 2.45) is 0 Å². The summed E-state index contributed by atoms with van der Waals surface area (Å²) in [6, 6.07) is 10.8. The van der Waals surface area contributed by atoms with Crippen molar-refractivity contribution in [3.8, 4) is 17.3 Å². The highest BCUT2D eigenvalue weighted by Crippen LogP contribution is 2.35. The molecule has 5 rings (SSSR count). The third-order valence-electron chi connectivity index (χ3n) is 6.04. The predicted molar refractivity (Wildman–Crippen MR) is 145 cm³/mol. The van der Waals surface area contributed by atoms with E-state index in [4.69, 9.17) is 9.47 Å². The fourth-order valence-corrected chi connectivity index (χ4v) is 4.31. The van der Waals surface area contributed by atoms with Crippen molar-refractivity contribution in [3.63, 3.8) is 0 Å². The molecule has 0 amide bonds. The molecule has 11 nitrogen and oxygen atoms in total. The van der Waals surface area contributed by atoms with Crippen LogP contribution in [0.4, 0.5) is 11.6 Å². The van der Waals surface area contributed by atoms with Gasteiger partial charge in [0.1, 0.15) is 23.7 Å². The van der Waals surface area contributed by atoms with E-state index in [0.717, 1.165) is 6.54 Å². The molecule has 1 unspecified atom stereocenters. The van der Waals surface area contributed by atoms with Gasteiger partial charge in [0, 0.05) is 24.5 Å². The van der Waals surface area contributed by atoms with Gasteiger partial charge in [0.05, 0.1) is 12.2 Å². The van der Waals surface area contributed by atoms with Gasteiger partial charge in [-0.05, 0) is 52.2 Å². The van der Waals surface area contributed by atoms with Crippen LogP contribution >= 0.6 is 0 Å². The number of likely N-dealkylation sites (N-methyl/N-ethyl adjacent to an activating group) is 1. The Balaban J connectivity index is 1.51. The van der Waals surface area contributed by atoms with E-state index < -0.39 is 5.60 Å². The van der Waals surface area contributed by atoms with Crippen molar-refractivity contribution in [3.05, 3.63) is 71.3 Å². The van der Waals surface area contributed by atoms with Gasteiger partial charge in [-0.3, -0.25) is 4.79 Å². The highest BCUT2D eigenvalue weighted by molar-refractivity contribution is 5.77. The number of aliphatic hydroxyl groups is 1. The molecule has 0 spiro atoms. The van der Waals surface area contributed by atoms with E-state index in [2.05, 4.69) is 31.7 Å². The molecule has 0 radical (unpaired) electrons. The molecule has 0 saturated carbocycles. The van der Waals surface area contributed by atoms with Crippen LogP contribution in [0.3, 0.4) is 0 Å². The minimum atomic E-state index is -1.16. The molecule has 4 aromatic rings. The molecular weight excluding hydrogens is 486 g/mol. The second kappa shape index (κ2) is 9.92. The van der Waals surface area contributed by atoms with Crippen LogP contribution in [0.25, 0.3) is 16.9 Å². The Hall–Kier alpha value is -4.22. The Morgan fingerprint density at radius 2 is 2.05 bits per heavy atom. The maximum atomic E-state index is 13.2. The van der Waals surface area contributed by atoms with Gasteiger partial charge < -0.3 is 24.8 Å². The molecule has 0 bridgehead atoms. The van der Waals surface area contributed by atoms with E-state index in [-0.39, 0.29) is 18.2 Å². The third kappa shape index (κ3) is 4.98. The number of rotatable bonds is 8. The van der Waals surface area contributed by atoms with Gasteiger partial charge in [0.2, 0.25) is 5.95 Å². The zero-order chi connectivity index (χ0) is 27.0. The Morgan fingerprint density at radius 1 is 1.24 bits per heavy atom. The molecule has 1 aliphatic heterocycles.